The summed E-state index contributed by atoms with van der Waals surface area (Å²) in [4.78, 5) is 16.4. The zero-order chi connectivity index (χ0) is 29.9. The second kappa shape index (κ2) is 23.5. The molecule has 2 atom stereocenters. The molecule has 0 aliphatic rings. The van der Waals surface area contributed by atoms with Crippen molar-refractivity contribution in [3.8, 4) is 22.5 Å². The van der Waals surface area contributed by atoms with Crippen molar-refractivity contribution < 1.29 is 60.6 Å². The smallest absolute Gasteiger partial charge is 0.0877 e. The van der Waals surface area contributed by atoms with Gasteiger partial charge in [-0.05, 0) is 39.8 Å². The normalized spacial score (nSPS) is 11.7. The molecule has 0 bridgehead atoms. The predicted octanol–water partition coefficient (Wildman–Crippen LogP) is 6.16. The Labute approximate surface area is 276 Å². The number of aromatic nitrogens is 4. The van der Waals surface area contributed by atoms with Crippen LogP contribution in [0.15, 0.2) is 97.2 Å². The molecule has 4 aromatic rings. The third-order valence-electron chi connectivity index (χ3n) is 4.50. The zero-order valence-corrected chi connectivity index (χ0v) is 29.3. The SMILES string of the molecule is CC(O)=CC(C)O.CC(O)=CC(C)O.Cc1[c-]c(-c2cnccn2)cc(C)c1.[Ir].[Ir].[c-]1ccccc1-c1cnccn1. The first-order valence-electron chi connectivity index (χ1n) is 12.6. The molecular weight excluding hydrogens is 889 g/mol. The van der Waals surface area contributed by atoms with E-state index in [1.54, 1.807) is 51.0 Å². The van der Waals surface area contributed by atoms with Crippen LogP contribution in [0.5, 0.6) is 0 Å². The molecule has 0 spiro atoms. The van der Waals surface area contributed by atoms with E-state index < -0.39 is 12.2 Å². The van der Waals surface area contributed by atoms with E-state index >= 15 is 0 Å². The van der Waals surface area contributed by atoms with Crippen LogP contribution in [-0.4, -0.2) is 52.6 Å². The molecular formula is C32H38Ir2N4O4-2. The summed E-state index contributed by atoms with van der Waals surface area (Å²) in [6.45, 7) is 10.3. The third kappa shape index (κ3) is 19.9. The van der Waals surface area contributed by atoms with Crippen molar-refractivity contribution in [2.24, 2.45) is 0 Å². The molecule has 2 unspecified atom stereocenters. The molecule has 2 radical (unpaired) electrons. The topological polar surface area (TPSA) is 132 Å². The van der Waals surface area contributed by atoms with Crippen LogP contribution < -0.4 is 0 Å². The van der Waals surface area contributed by atoms with Crippen LogP contribution in [0.3, 0.4) is 0 Å². The number of aryl methyl sites for hydroxylation is 2. The van der Waals surface area contributed by atoms with Gasteiger partial charge in [0.05, 0.1) is 23.7 Å². The van der Waals surface area contributed by atoms with Gasteiger partial charge >= 0.3 is 0 Å². The number of hydrogen-bond donors (Lipinski definition) is 4. The van der Waals surface area contributed by atoms with Gasteiger partial charge in [-0.15, -0.1) is 70.8 Å². The van der Waals surface area contributed by atoms with Crippen molar-refractivity contribution in [3.63, 3.8) is 0 Å². The van der Waals surface area contributed by atoms with Gasteiger partial charge in [0.25, 0.3) is 0 Å². The average Bonchev–Trinajstić information content (AvgIpc) is 2.89. The number of hydrogen-bond acceptors (Lipinski definition) is 8. The van der Waals surface area contributed by atoms with Crippen molar-refractivity contribution >= 4 is 0 Å². The Kier molecular flexibility index (Phi) is 22.9. The summed E-state index contributed by atoms with van der Waals surface area (Å²) in [6.07, 6.45) is 11.8. The second-order valence-electron chi connectivity index (χ2n) is 8.81. The van der Waals surface area contributed by atoms with Gasteiger partial charge in [-0.1, -0.05) is 13.8 Å². The minimum atomic E-state index is -0.537. The number of aliphatic hydroxyl groups is 4. The summed E-state index contributed by atoms with van der Waals surface area (Å²) in [7, 11) is 0. The number of nitrogens with zero attached hydrogens (tertiary/aromatic N) is 4. The molecule has 42 heavy (non-hydrogen) atoms. The summed E-state index contributed by atoms with van der Waals surface area (Å²) < 4.78 is 0. The van der Waals surface area contributed by atoms with Crippen LogP contribution in [0, 0.1) is 26.0 Å². The maximum atomic E-state index is 8.49. The fourth-order valence-electron chi connectivity index (χ4n) is 3.16. The monoisotopic (exact) mass is 928 g/mol. The maximum Gasteiger partial charge on any atom is 0.0877 e. The number of allylic oxidation sites excluding steroid dienone is 2. The van der Waals surface area contributed by atoms with Gasteiger partial charge in [0.1, 0.15) is 0 Å². The predicted molar refractivity (Wildman–Crippen MR) is 158 cm³/mol. The van der Waals surface area contributed by atoms with Gasteiger partial charge in [0, 0.05) is 88.8 Å². The molecule has 2 aromatic heterocycles. The van der Waals surface area contributed by atoms with Crippen molar-refractivity contribution in [1.29, 1.82) is 0 Å². The summed E-state index contributed by atoms with van der Waals surface area (Å²) in [5.74, 6) is 0.324. The summed E-state index contributed by atoms with van der Waals surface area (Å²) in [5, 5.41) is 33.8. The first-order chi connectivity index (χ1) is 19.0. The maximum absolute atomic E-state index is 8.49. The van der Waals surface area contributed by atoms with Gasteiger partial charge in [-0.25, -0.2) is 0 Å². The van der Waals surface area contributed by atoms with E-state index in [1.165, 1.54) is 31.6 Å². The molecule has 230 valence electrons. The molecule has 4 rings (SSSR count). The fraction of sp³-hybridized carbons (Fsp3) is 0.250. The van der Waals surface area contributed by atoms with Crippen LogP contribution in [0.2, 0.25) is 0 Å². The molecule has 10 heteroatoms. The summed E-state index contributed by atoms with van der Waals surface area (Å²) in [6, 6.07) is 18.2. The first-order valence-corrected chi connectivity index (χ1v) is 12.6. The van der Waals surface area contributed by atoms with Crippen LogP contribution in [0.1, 0.15) is 38.8 Å². The van der Waals surface area contributed by atoms with E-state index in [1.807, 2.05) is 31.2 Å². The number of rotatable bonds is 4. The summed E-state index contributed by atoms with van der Waals surface area (Å²) in [5.41, 5.74) is 6.08. The Morgan fingerprint density at radius 1 is 0.762 bits per heavy atom. The van der Waals surface area contributed by atoms with Crippen molar-refractivity contribution in [1.82, 2.24) is 19.9 Å². The molecule has 0 saturated carbocycles. The van der Waals surface area contributed by atoms with E-state index in [0.29, 0.717) is 0 Å². The third-order valence-corrected chi connectivity index (χ3v) is 4.50. The molecule has 8 nitrogen and oxygen atoms in total. The number of aliphatic hydroxyl groups excluding tert-OH is 4. The van der Waals surface area contributed by atoms with Crippen LogP contribution in [0.4, 0.5) is 0 Å². The zero-order valence-electron chi connectivity index (χ0n) is 24.5. The molecule has 2 aromatic carbocycles. The van der Waals surface area contributed by atoms with Crippen molar-refractivity contribution in [2.45, 2.75) is 53.8 Å². The molecule has 4 N–H and O–H groups in total. The van der Waals surface area contributed by atoms with Gasteiger partial charge in [-0.2, -0.15) is 0 Å². The minimum Gasteiger partial charge on any atom is -0.513 e. The quantitative estimate of drug-likeness (QED) is 0.142. The molecule has 0 aliphatic carbocycles. The Bertz CT molecular complexity index is 1220. The van der Waals surface area contributed by atoms with Crippen LogP contribution in [0.25, 0.3) is 22.5 Å². The van der Waals surface area contributed by atoms with Crippen molar-refractivity contribution in [2.75, 3.05) is 0 Å². The number of benzene rings is 2. The Balaban J connectivity index is 0. The van der Waals surface area contributed by atoms with Gasteiger partial charge < -0.3 is 30.4 Å². The average molecular weight is 927 g/mol. The van der Waals surface area contributed by atoms with Crippen LogP contribution >= 0.6 is 0 Å². The van der Waals surface area contributed by atoms with Gasteiger partial charge in [-0.3, -0.25) is 9.97 Å². The molecule has 2 heterocycles. The van der Waals surface area contributed by atoms with Crippen LogP contribution in [-0.2, 0) is 40.2 Å². The van der Waals surface area contributed by atoms with E-state index in [0.717, 1.165) is 28.1 Å². The second-order valence-corrected chi connectivity index (χ2v) is 8.81. The Morgan fingerprint density at radius 3 is 1.60 bits per heavy atom. The minimum absolute atomic E-state index is 0. The van der Waals surface area contributed by atoms with E-state index in [2.05, 4.69) is 51.1 Å². The van der Waals surface area contributed by atoms with E-state index in [-0.39, 0.29) is 51.7 Å². The van der Waals surface area contributed by atoms with Crippen molar-refractivity contribution in [3.05, 3.63) is 121 Å². The first kappa shape index (κ1) is 41.0. The molecule has 0 amide bonds. The Hall–Kier alpha value is -3.10. The standard InChI is InChI=1S/C12H11N2.C10H7N2.2C5H10O2.2Ir/c1-9-5-10(2)7-11(6-9)12-8-13-3-4-14-12;1-2-4-9(5-3-1)10-8-11-6-7-12-10;2*1-4(6)3-5(2)7;;/h3-6,8H,1-2H3;1-4,6-8H;2*3-4,6-7H,1-2H3;;/q2*-1;;;;. The molecule has 0 aliphatic heterocycles. The van der Waals surface area contributed by atoms with Gasteiger partial charge in [0.15, 0.2) is 0 Å². The Morgan fingerprint density at radius 2 is 1.26 bits per heavy atom. The molecule has 0 fully saturated rings. The summed E-state index contributed by atoms with van der Waals surface area (Å²) >= 11 is 0. The van der Waals surface area contributed by atoms with E-state index in [4.69, 9.17) is 20.4 Å². The van der Waals surface area contributed by atoms with E-state index in [9.17, 15) is 0 Å². The fourth-order valence-corrected chi connectivity index (χ4v) is 3.16. The van der Waals surface area contributed by atoms with Gasteiger partial charge in [0.2, 0.25) is 0 Å². The molecule has 0 saturated heterocycles. The largest absolute Gasteiger partial charge is 0.513 e.